The molecule has 3 fully saturated rings. The Kier molecular flexibility index (Phi) is 9.56. The quantitative estimate of drug-likeness (QED) is 0.192. The van der Waals surface area contributed by atoms with Crippen molar-refractivity contribution in [1.29, 1.82) is 0 Å². The highest BCUT2D eigenvalue weighted by molar-refractivity contribution is 7.99. The number of rotatable bonds is 10. The van der Waals surface area contributed by atoms with Gasteiger partial charge in [0.15, 0.2) is 0 Å². The van der Waals surface area contributed by atoms with Crippen LogP contribution in [-0.4, -0.2) is 70.0 Å². The number of aliphatic hydroxyl groups is 2. The van der Waals surface area contributed by atoms with Crippen LogP contribution in [0.15, 0.2) is 12.7 Å². The molecule has 0 aromatic carbocycles. The molecule has 6 heteroatoms. The van der Waals surface area contributed by atoms with E-state index in [1.165, 1.54) is 0 Å². The minimum Gasteiger partial charge on any atom is -0.461 e. The molecule has 2 N–H and O–H groups in total. The summed E-state index contributed by atoms with van der Waals surface area (Å²) >= 11 is 1.64. The van der Waals surface area contributed by atoms with E-state index in [2.05, 4.69) is 73.8 Å². The summed E-state index contributed by atoms with van der Waals surface area (Å²) in [5.74, 6) is 1.19. The van der Waals surface area contributed by atoms with Crippen LogP contribution < -0.4 is 0 Å². The molecule has 220 valence electrons. The molecule has 3 saturated carbocycles. The van der Waals surface area contributed by atoms with E-state index in [9.17, 15) is 15.0 Å². The Bertz CT molecular complexity index is 860. The number of hydrogen-bond donors (Lipinski definition) is 2. The predicted octanol–water partition coefficient (Wildman–Crippen LogP) is 6.18. The third kappa shape index (κ3) is 4.92. The first-order chi connectivity index (χ1) is 17.6. The monoisotopic (exact) mass is 551 g/mol. The van der Waals surface area contributed by atoms with Crippen molar-refractivity contribution < 1.29 is 19.7 Å². The van der Waals surface area contributed by atoms with Crippen molar-refractivity contribution in [2.75, 3.05) is 31.1 Å². The molecule has 3 aliphatic rings. The standard InChI is InChI=1S/C32H57NO4S/c1-11-29(9)20-24(37-25(34)21-38-18-17-33(13-3)14-4)30(10)22(5)19-28(7,8)32(23(6)26(29)35)16-15-31(36,12-2)27(30)32/h11,22-24,26-27,35-36H,1,12-21H2,2-10H3/t22-,23+,24-,26+,27-,29-,30+,31?,32-/m1/s1. The lowest BCUT2D eigenvalue weighted by Crippen LogP contribution is -2.70. The fourth-order valence-corrected chi connectivity index (χ4v) is 10.3. The fourth-order valence-electron chi connectivity index (χ4n) is 9.55. The molecular weight excluding hydrogens is 494 g/mol. The Hall–Kier alpha value is -0.560. The maximum absolute atomic E-state index is 13.4. The molecule has 38 heavy (non-hydrogen) atoms. The Balaban J connectivity index is 2.04. The number of carbonyl (C=O) groups excluding carboxylic acids is 1. The van der Waals surface area contributed by atoms with Crippen molar-refractivity contribution in [3.8, 4) is 0 Å². The molecule has 0 aromatic heterocycles. The summed E-state index contributed by atoms with van der Waals surface area (Å²) < 4.78 is 6.49. The molecule has 3 aliphatic carbocycles. The zero-order valence-electron chi connectivity index (χ0n) is 25.8. The molecule has 0 spiro atoms. The van der Waals surface area contributed by atoms with E-state index in [-0.39, 0.29) is 34.6 Å². The van der Waals surface area contributed by atoms with Crippen LogP contribution in [0.25, 0.3) is 0 Å². The summed E-state index contributed by atoms with van der Waals surface area (Å²) in [6.45, 7) is 27.1. The van der Waals surface area contributed by atoms with Crippen LogP contribution in [0.3, 0.4) is 0 Å². The van der Waals surface area contributed by atoms with Gasteiger partial charge in [0, 0.05) is 29.0 Å². The van der Waals surface area contributed by atoms with Gasteiger partial charge in [-0.05, 0) is 67.9 Å². The maximum Gasteiger partial charge on any atom is 0.316 e. The molecule has 9 atom stereocenters. The Labute approximate surface area is 237 Å². The van der Waals surface area contributed by atoms with Crippen molar-refractivity contribution in [3.63, 3.8) is 0 Å². The van der Waals surface area contributed by atoms with Gasteiger partial charge in [-0.15, -0.1) is 18.3 Å². The lowest BCUT2D eigenvalue weighted by Gasteiger charge is -2.69. The van der Waals surface area contributed by atoms with Crippen LogP contribution in [-0.2, 0) is 9.53 Å². The van der Waals surface area contributed by atoms with Crippen LogP contribution in [0.4, 0.5) is 0 Å². The molecule has 0 amide bonds. The predicted molar refractivity (Wildman–Crippen MR) is 159 cm³/mol. The van der Waals surface area contributed by atoms with Crippen LogP contribution in [0.2, 0.25) is 0 Å². The maximum atomic E-state index is 13.4. The van der Waals surface area contributed by atoms with Gasteiger partial charge in [0.25, 0.3) is 0 Å². The topological polar surface area (TPSA) is 70.0 Å². The summed E-state index contributed by atoms with van der Waals surface area (Å²) in [5, 5.41) is 24.3. The van der Waals surface area contributed by atoms with E-state index >= 15 is 0 Å². The summed E-state index contributed by atoms with van der Waals surface area (Å²) in [6, 6.07) is 0. The van der Waals surface area contributed by atoms with E-state index in [0.717, 1.165) is 44.6 Å². The van der Waals surface area contributed by atoms with Gasteiger partial charge >= 0.3 is 5.97 Å². The number of carbonyl (C=O) groups is 1. The molecule has 2 bridgehead atoms. The van der Waals surface area contributed by atoms with Gasteiger partial charge in [-0.2, -0.15) is 0 Å². The Morgan fingerprint density at radius 3 is 2.29 bits per heavy atom. The zero-order valence-corrected chi connectivity index (χ0v) is 26.6. The molecule has 0 saturated heterocycles. The lowest BCUT2D eigenvalue weighted by molar-refractivity contribution is -0.268. The second-order valence-corrected chi connectivity index (χ2v) is 15.1. The number of esters is 1. The number of aliphatic hydroxyl groups excluding tert-OH is 1. The van der Waals surface area contributed by atoms with Crippen molar-refractivity contribution in [3.05, 3.63) is 12.7 Å². The molecule has 1 unspecified atom stereocenters. The third-order valence-corrected chi connectivity index (χ3v) is 13.0. The molecule has 0 aromatic rings. The lowest BCUT2D eigenvalue weighted by atomic mass is 9.36. The van der Waals surface area contributed by atoms with Crippen LogP contribution >= 0.6 is 11.8 Å². The molecular formula is C32H57NO4S. The summed E-state index contributed by atoms with van der Waals surface area (Å²) in [7, 11) is 0. The largest absolute Gasteiger partial charge is 0.461 e. The van der Waals surface area contributed by atoms with Crippen molar-refractivity contribution in [2.45, 2.75) is 112 Å². The Morgan fingerprint density at radius 1 is 1.11 bits per heavy atom. The summed E-state index contributed by atoms with van der Waals surface area (Å²) in [5.41, 5.74) is -2.21. The minimum atomic E-state index is -0.847. The van der Waals surface area contributed by atoms with Crippen LogP contribution in [0.5, 0.6) is 0 Å². The molecule has 3 rings (SSSR count). The zero-order chi connectivity index (χ0) is 28.7. The first-order valence-electron chi connectivity index (χ1n) is 15.2. The molecule has 0 heterocycles. The first kappa shape index (κ1) is 32.0. The highest BCUT2D eigenvalue weighted by Gasteiger charge is 2.75. The average molecular weight is 552 g/mol. The van der Waals surface area contributed by atoms with Crippen LogP contribution in [0.1, 0.15) is 94.4 Å². The van der Waals surface area contributed by atoms with E-state index < -0.39 is 28.6 Å². The minimum absolute atomic E-state index is 0.0230. The van der Waals surface area contributed by atoms with E-state index in [0.29, 0.717) is 18.6 Å². The highest BCUT2D eigenvalue weighted by atomic mass is 32.2. The number of thioether (sulfide) groups is 1. The van der Waals surface area contributed by atoms with Gasteiger partial charge in [-0.1, -0.05) is 68.4 Å². The first-order valence-corrected chi connectivity index (χ1v) is 16.3. The van der Waals surface area contributed by atoms with Crippen molar-refractivity contribution in [2.24, 2.45) is 39.4 Å². The van der Waals surface area contributed by atoms with Gasteiger partial charge in [0.05, 0.1) is 17.5 Å². The molecule has 0 aliphatic heterocycles. The molecule has 5 nitrogen and oxygen atoms in total. The van der Waals surface area contributed by atoms with Gasteiger partial charge in [-0.25, -0.2) is 0 Å². The van der Waals surface area contributed by atoms with Gasteiger partial charge in [-0.3, -0.25) is 4.79 Å². The van der Waals surface area contributed by atoms with Gasteiger partial charge in [0.1, 0.15) is 6.10 Å². The normalized spacial score (nSPS) is 44.3. The second kappa shape index (κ2) is 11.4. The van der Waals surface area contributed by atoms with Crippen molar-refractivity contribution in [1.82, 2.24) is 4.90 Å². The van der Waals surface area contributed by atoms with Gasteiger partial charge < -0.3 is 19.8 Å². The highest BCUT2D eigenvalue weighted by Crippen LogP contribution is 2.76. The second-order valence-electron chi connectivity index (χ2n) is 14.0. The Morgan fingerprint density at radius 2 is 1.74 bits per heavy atom. The smallest absolute Gasteiger partial charge is 0.316 e. The molecule has 0 radical (unpaired) electrons. The fraction of sp³-hybridized carbons (Fsp3) is 0.906. The number of nitrogens with zero attached hydrogens (tertiary/aromatic N) is 1. The average Bonchev–Trinajstić information content (AvgIpc) is 3.21. The van der Waals surface area contributed by atoms with Gasteiger partial charge in [0.2, 0.25) is 0 Å². The van der Waals surface area contributed by atoms with E-state index in [1.54, 1.807) is 11.8 Å². The third-order valence-electron chi connectivity index (χ3n) is 12.1. The number of ether oxygens (including phenoxy) is 1. The van der Waals surface area contributed by atoms with Crippen LogP contribution in [0, 0.1) is 39.4 Å². The van der Waals surface area contributed by atoms with E-state index in [1.807, 2.05) is 6.08 Å². The van der Waals surface area contributed by atoms with E-state index in [4.69, 9.17) is 4.74 Å². The summed E-state index contributed by atoms with van der Waals surface area (Å²) in [6.07, 6.45) is 4.62. The number of hydrogen-bond acceptors (Lipinski definition) is 6. The van der Waals surface area contributed by atoms with Crippen molar-refractivity contribution >= 4 is 17.7 Å². The SMILES string of the molecule is C=C[C@]1(C)C[C@@H](OC(=O)CSCCN(CC)CC)[C@]2(C)[C@H](C)CC(C)(C)[C@]3(CCC(O)(CC)[C@@H]23)[C@@H](C)[C@@H]1O. The summed E-state index contributed by atoms with van der Waals surface area (Å²) in [4.78, 5) is 15.8.